The van der Waals surface area contributed by atoms with Gasteiger partial charge in [-0.05, 0) is 20.8 Å². The highest BCUT2D eigenvalue weighted by Gasteiger charge is 2.61. The van der Waals surface area contributed by atoms with Crippen LogP contribution in [-0.2, 0) is 19.1 Å². The molecule has 84 valence electrons. The Morgan fingerprint density at radius 2 is 2.13 bits per heavy atom. The molecule has 0 aliphatic carbocycles. The molecule has 0 aromatic heterocycles. The fourth-order valence-corrected chi connectivity index (χ4v) is 1.37. The number of carbonyl (C=O) groups excluding carboxylic acids is 2. The van der Waals surface area contributed by atoms with Crippen LogP contribution < -0.4 is 0 Å². The first kappa shape index (κ1) is 11.7. The number of rotatable bonds is 2. The van der Waals surface area contributed by atoms with Crippen LogP contribution in [0.4, 0.5) is 0 Å². The van der Waals surface area contributed by atoms with Crippen molar-refractivity contribution in [2.24, 2.45) is 0 Å². The van der Waals surface area contributed by atoms with E-state index >= 15 is 0 Å². The average molecular weight is 214 g/mol. The van der Waals surface area contributed by atoms with Gasteiger partial charge in [-0.15, -0.1) is 0 Å². The molecule has 1 heterocycles. The maximum Gasteiger partial charge on any atom is 0.355 e. The number of cyclic esters (lactones) is 1. The van der Waals surface area contributed by atoms with Crippen molar-refractivity contribution in [1.82, 2.24) is 0 Å². The molecule has 0 saturated carbocycles. The highest BCUT2D eigenvalue weighted by Crippen LogP contribution is 2.38. The van der Waals surface area contributed by atoms with Crippen molar-refractivity contribution in [2.45, 2.75) is 32.0 Å². The van der Waals surface area contributed by atoms with Crippen LogP contribution in [0, 0.1) is 0 Å². The lowest BCUT2D eigenvalue weighted by atomic mass is 9.88. The minimum atomic E-state index is -2.36. The lowest BCUT2D eigenvalue weighted by Crippen LogP contribution is -2.46. The third-order valence-corrected chi connectivity index (χ3v) is 2.38. The van der Waals surface area contributed by atoms with E-state index in [1.807, 2.05) is 0 Å². The first-order chi connectivity index (χ1) is 6.76. The third kappa shape index (κ3) is 1.52. The Balaban J connectivity index is 3.09. The topological polar surface area (TPSA) is 72.8 Å². The summed E-state index contributed by atoms with van der Waals surface area (Å²) in [4.78, 5) is 22.8. The fourth-order valence-electron chi connectivity index (χ4n) is 1.37. The molecule has 1 atom stereocenters. The summed E-state index contributed by atoms with van der Waals surface area (Å²) in [5, 5.41) is 9.91. The SMILES string of the molecule is C=C1C(C)(C)OC(=O)C1(O)C(=O)OCC. The molecule has 5 heteroatoms. The van der Waals surface area contributed by atoms with Gasteiger partial charge in [0.25, 0.3) is 5.60 Å². The summed E-state index contributed by atoms with van der Waals surface area (Å²) in [7, 11) is 0. The molecule has 0 spiro atoms. The van der Waals surface area contributed by atoms with E-state index in [4.69, 9.17) is 4.74 Å². The predicted octanol–water partition coefficient (Wildman–Crippen LogP) is 0.172. The van der Waals surface area contributed by atoms with E-state index in [1.54, 1.807) is 20.8 Å². The first-order valence-electron chi connectivity index (χ1n) is 4.59. The summed E-state index contributed by atoms with van der Waals surface area (Å²) in [5.41, 5.74) is -3.42. The zero-order valence-electron chi connectivity index (χ0n) is 8.99. The summed E-state index contributed by atoms with van der Waals surface area (Å²) in [6.07, 6.45) is 0. The Labute approximate surface area is 87.7 Å². The second-order valence-electron chi connectivity index (χ2n) is 3.81. The zero-order chi connectivity index (χ0) is 11.9. The number of esters is 2. The van der Waals surface area contributed by atoms with Gasteiger partial charge in [0.1, 0.15) is 5.60 Å². The van der Waals surface area contributed by atoms with Crippen LogP contribution in [0.25, 0.3) is 0 Å². The molecule has 1 aliphatic rings. The summed E-state index contributed by atoms with van der Waals surface area (Å²) in [6.45, 7) is 8.26. The van der Waals surface area contributed by atoms with Crippen LogP contribution in [0.1, 0.15) is 20.8 Å². The van der Waals surface area contributed by atoms with E-state index in [0.717, 1.165) is 0 Å². The highest BCUT2D eigenvalue weighted by molar-refractivity contribution is 6.09. The second kappa shape index (κ2) is 3.34. The van der Waals surface area contributed by atoms with Gasteiger partial charge in [0.2, 0.25) is 0 Å². The van der Waals surface area contributed by atoms with Gasteiger partial charge in [0.05, 0.1) is 6.61 Å². The average Bonchev–Trinajstić information content (AvgIpc) is 2.28. The van der Waals surface area contributed by atoms with Crippen LogP contribution in [0.3, 0.4) is 0 Å². The molecule has 1 rings (SSSR count). The highest BCUT2D eigenvalue weighted by atomic mass is 16.6. The summed E-state index contributed by atoms with van der Waals surface area (Å²) < 4.78 is 9.47. The molecule has 1 saturated heterocycles. The van der Waals surface area contributed by atoms with Crippen molar-refractivity contribution in [3.8, 4) is 0 Å². The largest absolute Gasteiger partial charge is 0.463 e. The van der Waals surface area contributed by atoms with Crippen LogP contribution in [0.2, 0.25) is 0 Å². The van der Waals surface area contributed by atoms with Gasteiger partial charge < -0.3 is 14.6 Å². The van der Waals surface area contributed by atoms with E-state index in [2.05, 4.69) is 11.3 Å². The molecule has 0 bridgehead atoms. The molecule has 15 heavy (non-hydrogen) atoms. The maximum absolute atomic E-state index is 11.4. The molecular weight excluding hydrogens is 200 g/mol. The van der Waals surface area contributed by atoms with Crippen LogP contribution >= 0.6 is 0 Å². The summed E-state index contributed by atoms with van der Waals surface area (Å²) in [6, 6.07) is 0. The van der Waals surface area contributed by atoms with Crippen molar-refractivity contribution in [1.29, 1.82) is 0 Å². The van der Waals surface area contributed by atoms with Gasteiger partial charge in [-0.3, -0.25) is 0 Å². The Morgan fingerprint density at radius 1 is 1.60 bits per heavy atom. The maximum atomic E-state index is 11.4. The number of carbonyl (C=O) groups is 2. The molecule has 1 N–H and O–H groups in total. The standard InChI is InChI=1S/C10H14O5/c1-5-14-7(11)10(13)6(2)9(3,4)15-8(10)12/h13H,2,5H2,1,3-4H3. The van der Waals surface area contributed by atoms with Crippen molar-refractivity contribution in [3.05, 3.63) is 12.2 Å². The summed E-state index contributed by atoms with van der Waals surface area (Å²) >= 11 is 0. The smallest absolute Gasteiger partial charge is 0.355 e. The lowest BCUT2D eigenvalue weighted by molar-refractivity contribution is -0.173. The van der Waals surface area contributed by atoms with E-state index in [-0.39, 0.29) is 12.2 Å². The van der Waals surface area contributed by atoms with Crippen molar-refractivity contribution in [3.63, 3.8) is 0 Å². The number of ether oxygens (including phenoxy) is 2. The van der Waals surface area contributed by atoms with Crippen LogP contribution in [-0.4, -0.2) is 34.9 Å². The van der Waals surface area contributed by atoms with E-state index < -0.39 is 23.1 Å². The fraction of sp³-hybridized carbons (Fsp3) is 0.600. The second-order valence-corrected chi connectivity index (χ2v) is 3.81. The van der Waals surface area contributed by atoms with Crippen molar-refractivity contribution >= 4 is 11.9 Å². The number of hydrogen-bond acceptors (Lipinski definition) is 5. The Kier molecular flexibility index (Phi) is 2.61. The Morgan fingerprint density at radius 3 is 2.47 bits per heavy atom. The molecule has 5 nitrogen and oxygen atoms in total. The molecule has 1 fully saturated rings. The molecule has 1 unspecified atom stereocenters. The molecule has 0 aromatic carbocycles. The molecule has 0 amide bonds. The van der Waals surface area contributed by atoms with Gasteiger partial charge >= 0.3 is 11.9 Å². The molecule has 0 radical (unpaired) electrons. The van der Waals surface area contributed by atoms with E-state index in [9.17, 15) is 14.7 Å². The van der Waals surface area contributed by atoms with Gasteiger partial charge in [-0.2, -0.15) is 0 Å². The minimum Gasteiger partial charge on any atom is -0.463 e. The zero-order valence-corrected chi connectivity index (χ0v) is 8.99. The van der Waals surface area contributed by atoms with E-state index in [1.165, 1.54) is 0 Å². The first-order valence-corrected chi connectivity index (χ1v) is 4.59. The number of aliphatic hydroxyl groups is 1. The molecular formula is C10H14O5. The normalized spacial score (nSPS) is 28.8. The lowest BCUT2D eigenvalue weighted by Gasteiger charge is -2.20. The number of hydrogen-bond donors (Lipinski definition) is 1. The van der Waals surface area contributed by atoms with Gasteiger partial charge in [-0.25, -0.2) is 9.59 Å². The minimum absolute atomic E-state index is 0.00144. The monoisotopic (exact) mass is 214 g/mol. The van der Waals surface area contributed by atoms with E-state index in [0.29, 0.717) is 0 Å². The van der Waals surface area contributed by atoms with Crippen LogP contribution in [0.5, 0.6) is 0 Å². The quantitative estimate of drug-likeness (QED) is 0.403. The summed E-state index contributed by atoms with van der Waals surface area (Å²) in [5.74, 6) is -2.07. The van der Waals surface area contributed by atoms with Crippen molar-refractivity contribution in [2.75, 3.05) is 6.61 Å². The predicted molar refractivity (Wildman–Crippen MR) is 50.9 cm³/mol. The van der Waals surface area contributed by atoms with Crippen LogP contribution in [0.15, 0.2) is 12.2 Å². The van der Waals surface area contributed by atoms with Gasteiger partial charge in [-0.1, -0.05) is 6.58 Å². The molecule has 0 aromatic rings. The molecule has 1 aliphatic heterocycles. The Hall–Kier alpha value is -1.36. The van der Waals surface area contributed by atoms with Crippen molar-refractivity contribution < 1.29 is 24.2 Å². The third-order valence-electron chi connectivity index (χ3n) is 2.38. The van der Waals surface area contributed by atoms with Gasteiger partial charge in [0.15, 0.2) is 0 Å². The van der Waals surface area contributed by atoms with Gasteiger partial charge in [0, 0.05) is 5.57 Å². The Bertz CT molecular complexity index is 331.